The van der Waals surface area contributed by atoms with E-state index in [0.717, 1.165) is 63.2 Å². The van der Waals surface area contributed by atoms with Crippen LogP contribution in [0.25, 0.3) is 0 Å². The topological polar surface area (TPSA) is 42.0 Å². The Morgan fingerprint density at radius 3 is 2.00 bits per heavy atom. The first-order valence-corrected chi connectivity index (χ1v) is 10.6. The lowest BCUT2D eigenvalue weighted by Gasteiger charge is -2.38. The van der Waals surface area contributed by atoms with Crippen LogP contribution in [0.5, 0.6) is 5.75 Å². The highest BCUT2D eigenvalue weighted by Crippen LogP contribution is 2.25. The number of anilines is 1. The fourth-order valence-corrected chi connectivity index (χ4v) is 4.27. The Labute approximate surface area is 173 Å². The molecule has 0 spiro atoms. The van der Waals surface area contributed by atoms with Crippen LogP contribution in [0.4, 0.5) is 5.69 Å². The predicted octanol–water partition coefficient (Wildman–Crippen LogP) is 3.99. The van der Waals surface area contributed by atoms with E-state index in [0.29, 0.717) is 6.10 Å². The van der Waals surface area contributed by atoms with Gasteiger partial charge in [-0.25, -0.2) is 0 Å². The largest absolute Gasteiger partial charge is 0.497 e. The molecule has 2 aromatic rings. The second-order valence-corrected chi connectivity index (χ2v) is 7.88. The van der Waals surface area contributed by atoms with Crippen molar-refractivity contribution in [3.63, 3.8) is 0 Å². The van der Waals surface area contributed by atoms with Crippen LogP contribution in [0.1, 0.15) is 36.0 Å². The average molecular weight is 395 g/mol. The summed E-state index contributed by atoms with van der Waals surface area (Å²) in [4.78, 5) is 17.1. The van der Waals surface area contributed by atoms with E-state index in [4.69, 9.17) is 9.47 Å². The molecular weight excluding hydrogens is 364 g/mol. The molecule has 2 aromatic carbocycles. The highest BCUT2D eigenvalue weighted by Gasteiger charge is 2.28. The third-order valence-corrected chi connectivity index (χ3v) is 6.01. The summed E-state index contributed by atoms with van der Waals surface area (Å²) >= 11 is 0. The van der Waals surface area contributed by atoms with Gasteiger partial charge in [0.2, 0.25) is 0 Å². The van der Waals surface area contributed by atoms with Gasteiger partial charge in [-0.05, 0) is 62.1 Å². The number of rotatable bonds is 5. The highest BCUT2D eigenvalue weighted by molar-refractivity contribution is 5.94. The molecule has 0 unspecified atom stereocenters. The average Bonchev–Trinajstić information content (AvgIpc) is 2.80. The Hall–Kier alpha value is -2.53. The van der Waals surface area contributed by atoms with Crippen molar-refractivity contribution >= 4 is 11.6 Å². The van der Waals surface area contributed by atoms with Gasteiger partial charge in [0.15, 0.2) is 0 Å². The summed E-state index contributed by atoms with van der Waals surface area (Å²) in [7, 11) is 1.63. The molecule has 29 heavy (non-hydrogen) atoms. The maximum Gasteiger partial charge on any atom is 0.253 e. The van der Waals surface area contributed by atoms with Gasteiger partial charge in [0, 0.05) is 37.4 Å². The van der Waals surface area contributed by atoms with Gasteiger partial charge in [0.1, 0.15) is 5.75 Å². The van der Waals surface area contributed by atoms with E-state index in [1.807, 2.05) is 29.2 Å². The molecule has 1 amide bonds. The Morgan fingerprint density at radius 2 is 1.41 bits per heavy atom. The Balaban J connectivity index is 1.21. The van der Waals surface area contributed by atoms with Crippen LogP contribution in [0, 0.1) is 0 Å². The Kier molecular flexibility index (Phi) is 6.35. The fraction of sp³-hybridized carbons (Fsp3) is 0.458. The molecule has 0 bridgehead atoms. The molecule has 5 heteroatoms. The number of benzene rings is 2. The second kappa shape index (κ2) is 9.31. The summed E-state index contributed by atoms with van der Waals surface area (Å²) in [6.07, 6.45) is 4.58. The minimum atomic E-state index is 0.0993. The molecule has 0 saturated carbocycles. The first-order chi connectivity index (χ1) is 14.2. The van der Waals surface area contributed by atoms with Gasteiger partial charge in [-0.1, -0.05) is 18.2 Å². The molecular formula is C24H30N2O3. The number of piperidine rings is 2. The van der Waals surface area contributed by atoms with E-state index < -0.39 is 0 Å². The number of carbonyl (C=O) groups excluding carboxylic acids is 1. The fourth-order valence-electron chi connectivity index (χ4n) is 4.27. The maximum atomic E-state index is 12.7. The summed E-state index contributed by atoms with van der Waals surface area (Å²) in [5, 5.41) is 0. The molecule has 0 N–H and O–H groups in total. The Morgan fingerprint density at radius 1 is 0.828 bits per heavy atom. The Bertz CT molecular complexity index is 778. The molecule has 5 nitrogen and oxygen atoms in total. The minimum Gasteiger partial charge on any atom is -0.497 e. The zero-order valence-corrected chi connectivity index (χ0v) is 17.1. The molecule has 0 aliphatic carbocycles. The molecule has 2 saturated heterocycles. The number of methoxy groups -OCH3 is 1. The minimum absolute atomic E-state index is 0.0993. The van der Waals surface area contributed by atoms with Crippen molar-refractivity contribution in [3.05, 3.63) is 60.2 Å². The summed E-state index contributed by atoms with van der Waals surface area (Å²) in [5.41, 5.74) is 2.02. The third-order valence-electron chi connectivity index (χ3n) is 6.01. The molecule has 2 aliphatic heterocycles. The van der Waals surface area contributed by atoms with Gasteiger partial charge in [0.25, 0.3) is 5.91 Å². The smallest absolute Gasteiger partial charge is 0.253 e. The number of amides is 1. The monoisotopic (exact) mass is 394 g/mol. The van der Waals surface area contributed by atoms with E-state index in [1.54, 1.807) is 7.11 Å². The molecule has 2 aliphatic rings. The molecule has 0 radical (unpaired) electrons. The molecule has 0 aromatic heterocycles. The van der Waals surface area contributed by atoms with E-state index in [2.05, 4.69) is 35.2 Å². The van der Waals surface area contributed by atoms with Crippen molar-refractivity contribution in [1.29, 1.82) is 0 Å². The normalized spacial score (nSPS) is 18.7. The zero-order chi connectivity index (χ0) is 20.1. The summed E-state index contributed by atoms with van der Waals surface area (Å²) < 4.78 is 11.6. The van der Waals surface area contributed by atoms with E-state index in [-0.39, 0.29) is 12.0 Å². The molecule has 2 heterocycles. The van der Waals surface area contributed by atoms with Crippen molar-refractivity contribution in [2.24, 2.45) is 0 Å². The van der Waals surface area contributed by atoms with E-state index in [1.165, 1.54) is 5.69 Å². The summed E-state index contributed by atoms with van der Waals surface area (Å²) in [6, 6.07) is 18.0. The van der Waals surface area contributed by atoms with Crippen molar-refractivity contribution in [3.8, 4) is 5.75 Å². The highest BCUT2D eigenvalue weighted by atomic mass is 16.5. The number of ether oxygens (including phenoxy) is 2. The van der Waals surface area contributed by atoms with Crippen molar-refractivity contribution in [2.75, 3.05) is 38.2 Å². The lowest BCUT2D eigenvalue weighted by molar-refractivity contribution is -0.0477. The van der Waals surface area contributed by atoms with Crippen LogP contribution in [-0.2, 0) is 4.74 Å². The summed E-state index contributed by atoms with van der Waals surface area (Å²) in [6.45, 7) is 3.61. The maximum absolute atomic E-state index is 12.7. The van der Waals surface area contributed by atoms with Crippen LogP contribution in [0.3, 0.4) is 0 Å². The third kappa shape index (κ3) is 4.91. The van der Waals surface area contributed by atoms with Gasteiger partial charge in [0.05, 0.1) is 19.3 Å². The van der Waals surface area contributed by atoms with Gasteiger partial charge in [-0.2, -0.15) is 0 Å². The van der Waals surface area contributed by atoms with Crippen molar-refractivity contribution in [1.82, 2.24) is 4.90 Å². The van der Waals surface area contributed by atoms with Crippen LogP contribution in [0.2, 0.25) is 0 Å². The van der Waals surface area contributed by atoms with Gasteiger partial charge in [-0.3, -0.25) is 4.79 Å². The van der Waals surface area contributed by atoms with Gasteiger partial charge >= 0.3 is 0 Å². The molecule has 2 fully saturated rings. The number of likely N-dealkylation sites (tertiary alicyclic amines) is 1. The van der Waals surface area contributed by atoms with E-state index in [9.17, 15) is 4.79 Å². The predicted molar refractivity (Wildman–Crippen MR) is 115 cm³/mol. The van der Waals surface area contributed by atoms with Crippen LogP contribution in [-0.4, -0.2) is 56.3 Å². The van der Waals surface area contributed by atoms with E-state index >= 15 is 0 Å². The van der Waals surface area contributed by atoms with Crippen molar-refractivity contribution < 1.29 is 14.3 Å². The second-order valence-electron chi connectivity index (χ2n) is 7.88. The lowest BCUT2D eigenvalue weighted by atomic mass is 10.0. The summed E-state index contributed by atoms with van der Waals surface area (Å²) in [5.74, 6) is 0.870. The van der Waals surface area contributed by atoms with Gasteiger partial charge < -0.3 is 19.3 Å². The van der Waals surface area contributed by atoms with Crippen LogP contribution in [0.15, 0.2) is 54.6 Å². The molecule has 154 valence electrons. The first-order valence-electron chi connectivity index (χ1n) is 10.6. The SMILES string of the molecule is COc1ccc(C(=O)N2CCC(OC3CCN(c4ccccc4)CC3)CC2)cc1. The standard InChI is InChI=1S/C24H30N2O3/c1-28-21-9-7-19(8-10-21)24(27)26-17-13-23(14-18-26)29-22-11-15-25(16-12-22)20-5-3-2-4-6-20/h2-10,22-23H,11-18H2,1H3. The van der Waals surface area contributed by atoms with Gasteiger partial charge in [-0.15, -0.1) is 0 Å². The molecule has 0 atom stereocenters. The molecule has 4 rings (SSSR count). The number of hydrogen-bond donors (Lipinski definition) is 0. The first kappa shape index (κ1) is 19.8. The number of para-hydroxylation sites is 1. The number of hydrogen-bond acceptors (Lipinski definition) is 4. The quantitative estimate of drug-likeness (QED) is 0.769. The lowest BCUT2D eigenvalue weighted by Crippen LogP contribution is -2.43. The number of carbonyl (C=O) groups is 1. The zero-order valence-electron chi connectivity index (χ0n) is 17.1. The van der Waals surface area contributed by atoms with Crippen LogP contribution < -0.4 is 9.64 Å². The van der Waals surface area contributed by atoms with Crippen LogP contribution >= 0.6 is 0 Å². The number of nitrogens with zero attached hydrogens (tertiary/aromatic N) is 2. The van der Waals surface area contributed by atoms with Crippen molar-refractivity contribution in [2.45, 2.75) is 37.9 Å².